The number of piperidine rings is 1. The number of aromatic nitrogens is 4. The first-order valence-corrected chi connectivity index (χ1v) is 15.4. The summed E-state index contributed by atoms with van der Waals surface area (Å²) in [7, 11) is 0. The van der Waals surface area contributed by atoms with Crippen LogP contribution in [0.3, 0.4) is 0 Å². The topological polar surface area (TPSA) is 88.0 Å². The number of amides is 1. The van der Waals surface area contributed by atoms with Crippen LogP contribution in [-0.2, 0) is 0 Å². The molecule has 2 N–H and O–H groups in total. The number of pyridine rings is 1. The van der Waals surface area contributed by atoms with Gasteiger partial charge in [0.2, 0.25) is 5.95 Å². The van der Waals surface area contributed by atoms with Gasteiger partial charge < -0.3 is 15.2 Å². The first kappa shape index (κ1) is 29.2. The molecule has 6 rings (SSSR count). The highest BCUT2D eigenvalue weighted by atomic mass is 19.1. The molecule has 2 saturated heterocycles. The Morgan fingerprint density at radius 3 is 2.63 bits per heavy atom. The van der Waals surface area contributed by atoms with E-state index in [9.17, 15) is 9.18 Å². The molecule has 4 aromatic rings. The Balaban J connectivity index is 1.15. The van der Waals surface area contributed by atoms with Crippen molar-refractivity contribution >= 4 is 28.6 Å². The summed E-state index contributed by atoms with van der Waals surface area (Å²) in [5.74, 6) is -0.712. The molecule has 226 valence electrons. The zero-order chi connectivity index (χ0) is 30.2. The fraction of sp³-hybridized carbons (Fsp3) is 0.455. The smallest absolute Gasteiger partial charge is 0.253 e. The SMILES string of the molecule is CCCCC1CC(NC(=O)c2ccc(Nc3ncc(F)c(-c4cc(F)c5cc(C)n(C(C)C)c5c4)n3)nc2)CC2CCN12. The van der Waals surface area contributed by atoms with E-state index in [1.807, 2.05) is 25.3 Å². The molecule has 8 nitrogen and oxygen atoms in total. The Kier molecular flexibility index (Phi) is 8.13. The predicted molar refractivity (Wildman–Crippen MR) is 164 cm³/mol. The first-order valence-electron chi connectivity index (χ1n) is 15.4. The van der Waals surface area contributed by atoms with Crippen molar-refractivity contribution < 1.29 is 13.6 Å². The van der Waals surface area contributed by atoms with Crippen LogP contribution in [0.2, 0.25) is 0 Å². The number of hydrogen-bond acceptors (Lipinski definition) is 6. The minimum Gasteiger partial charge on any atom is -0.349 e. The Morgan fingerprint density at radius 1 is 1.09 bits per heavy atom. The molecule has 3 aromatic heterocycles. The molecule has 0 spiro atoms. The summed E-state index contributed by atoms with van der Waals surface area (Å²) < 4.78 is 32.0. The molecule has 1 amide bonds. The molecule has 2 aliphatic rings. The van der Waals surface area contributed by atoms with Gasteiger partial charge in [-0.1, -0.05) is 19.8 Å². The molecule has 0 aliphatic carbocycles. The van der Waals surface area contributed by atoms with E-state index >= 15 is 4.39 Å². The number of nitrogens with one attached hydrogen (secondary N) is 2. The van der Waals surface area contributed by atoms with E-state index in [0.717, 1.165) is 24.7 Å². The Labute approximate surface area is 250 Å². The summed E-state index contributed by atoms with van der Waals surface area (Å²) in [6.45, 7) is 9.36. The van der Waals surface area contributed by atoms with Crippen LogP contribution in [0.25, 0.3) is 22.2 Å². The number of unbranched alkanes of at least 4 members (excludes halogenated alkanes) is 1. The fourth-order valence-electron chi connectivity index (χ4n) is 6.78. The molecule has 0 bridgehead atoms. The van der Waals surface area contributed by atoms with E-state index in [2.05, 4.69) is 37.4 Å². The van der Waals surface area contributed by atoms with Crippen LogP contribution in [0.1, 0.15) is 81.4 Å². The molecule has 3 atom stereocenters. The zero-order valence-electron chi connectivity index (χ0n) is 25.2. The second-order valence-corrected chi connectivity index (χ2v) is 12.2. The van der Waals surface area contributed by atoms with E-state index < -0.39 is 11.6 Å². The number of rotatable bonds is 9. The van der Waals surface area contributed by atoms with Crippen LogP contribution in [0.5, 0.6) is 0 Å². The summed E-state index contributed by atoms with van der Waals surface area (Å²) in [6, 6.07) is 9.62. The third-order valence-corrected chi connectivity index (χ3v) is 8.90. The standard InChI is InChI=1S/C33H39F2N7O/c1-5-6-7-24-15-23(16-25-10-11-41(24)25)38-32(43)21-8-9-30(36-17-21)39-33-37-18-28(35)31(40-33)22-13-27(34)26-12-20(4)42(19(2)3)29(26)14-22/h8-9,12-14,17-19,23-25H,5-7,10-11,15-16H2,1-4H3,(H,38,43)(H,36,37,39,40). The van der Waals surface area contributed by atoms with Gasteiger partial charge in [-0.05, 0) is 76.8 Å². The second kappa shape index (κ2) is 12.0. The van der Waals surface area contributed by atoms with Crippen molar-refractivity contribution in [1.82, 2.24) is 29.7 Å². The first-order chi connectivity index (χ1) is 20.7. The monoisotopic (exact) mass is 587 g/mol. The highest BCUT2D eigenvalue weighted by Crippen LogP contribution is 2.35. The third kappa shape index (κ3) is 5.85. The molecular weight excluding hydrogens is 548 g/mol. The highest BCUT2D eigenvalue weighted by Gasteiger charge is 2.40. The van der Waals surface area contributed by atoms with Crippen molar-refractivity contribution in [3.05, 3.63) is 65.6 Å². The lowest BCUT2D eigenvalue weighted by Gasteiger charge is -2.52. The Bertz CT molecular complexity index is 1630. The number of aryl methyl sites for hydroxylation is 1. The number of halogens is 2. The fourth-order valence-corrected chi connectivity index (χ4v) is 6.78. The van der Waals surface area contributed by atoms with Gasteiger partial charge in [-0.3, -0.25) is 9.69 Å². The predicted octanol–water partition coefficient (Wildman–Crippen LogP) is 6.93. The van der Waals surface area contributed by atoms with Crippen LogP contribution in [-0.4, -0.2) is 55.0 Å². The minimum absolute atomic E-state index is 0.0155. The van der Waals surface area contributed by atoms with Crippen LogP contribution in [0.4, 0.5) is 20.5 Å². The molecular formula is C33H39F2N7O. The number of hydrogen-bond donors (Lipinski definition) is 2. The van der Waals surface area contributed by atoms with Gasteiger partial charge in [0.05, 0.1) is 17.3 Å². The van der Waals surface area contributed by atoms with Gasteiger partial charge >= 0.3 is 0 Å². The quantitative estimate of drug-likeness (QED) is 0.221. The summed E-state index contributed by atoms with van der Waals surface area (Å²) >= 11 is 0. The van der Waals surface area contributed by atoms with Crippen LogP contribution in [0, 0.1) is 18.6 Å². The summed E-state index contributed by atoms with van der Waals surface area (Å²) in [6.07, 6.45) is 9.34. The molecule has 0 saturated carbocycles. The maximum atomic E-state index is 15.1. The Morgan fingerprint density at radius 2 is 1.93 bits per heavy atom. The number of carbonyl (C=O) groups is 1. The lowest BCUT2D eigenvalue weighted by atomic mass is 9.82. The van der Waals surface area contributed by atoms with Crippen molar-refractivity contribution in [2.24, 2.45) is 0 Å². The van der Waals surface area contributed by atoms with Gasteiger partial charge in [-0.15, -0.1) is 0 Å². The van der Waals surface area contributed by atoms with Crippen LogP contribution in [0.15, 0.2) is 42.7 Å². The average molecular weight is 588 g/mol. The van der Waals surface area contributed by atoms with Gasteiger partial charge in [0.15, 0.2) is 5.82 Å². The highest BCUT2D eigenvalue weighted by molar-refractivity contribution is 5.94. The number of fused-ring (bicyclic) bond motifs is 2. The summed E-state index contributed by atoms with van der Waals surface area (Å²) in [5, 5.41) is 6.70. The lowest BCUT2D eigenvalue weighted by Crippen LogP contribution is -2.61. The van der Waals surface area contributed by atoms with Crippen molar-refractivity contribution in [3.63, 3.8) is 0 Å². The van der Waals surface area contributed by atoms with Gasteiger partial charge in [-0.25, -0.2) is 23.7 Å². The number of carbonyl (C=O) groups excluding carboxylic acids is 1. The molecule has 1 aromatic carbocycles. The number of benzene rings is 1. The van der Waals surface area contributed by atoms with Gasteiger partial charge in [0.1, 0.15) is 17.3 Å². The van der Waals surface area contributed by atoms with E-state index in [1.54, 1.807) is 24.3 Å². The van der Waals surface area contributed by atoms with E-state index in [4.69, 9.17) is 0 Å². The van der Waals surface area contributed by atoms with E-state index in [1.165, 1.54) is 44.5 Å². The van der Waals surface area contributed by atoms with Crippen molar-refractivity contribution in [2.45, 2.75) is 90.4 Å². The summed E-state index contributed by atoms with van der Waals surface area (Å²) in [4.78, 5) is 28.5. The average Bonchev–Trinajstić information content (AvgIpc) is 3.31. The van der Waals surface area contributed by atoms with Gasteiger partial charge in [0, 0.05) is 53.6 Å². The van der Waals surface area contributed by atoms with Gasteiger partial charge in [-0.2, -0.15) is 0 Å². The van der Waals surface area contributed by atoms with Crippen LogP contribution < -0.4 is 10.6 Å². The summed E-state index contributed by atoms with van der Waals surface area (Å²) in [5.41, 5.74) is 2.38. The van der Waals surface area contributed by atoms with Crippen molar-refractivity contribution in [1.29, 1.82) is 0 Å². The zero-order valence-corrected chi connectivity index (χ0v) is 25.2. The normalized spacial score (nSPS) is 20.2. The molecule has 10 heteroatoms. The number of anilines is 2. The molecule has 0 radical (unpaired) electrons. The molecule has 3 unspecified atom stereocenters. The molecule has 2 fully saturated rings. The lowest BCUT2D eigenvalue weighted by molar-refractivity contribution is -0.0141. The van der Waals surface area contributed by atoms with E-state index in [0.29, 0.717) is 39.9 Å². The maximum absolute atomic E-state index is 15.1. The van der Waals surface area contributed by atoms with Crippen LogP contribution >= 0.6 is 0 Å². The molecule has 5 heterocycles. The second-order valence-electron chi connectivity index (χ2n) is 12.2. The molecule has 2 aliphatic heterocycles. The van der Waals surface area contributed by atoms with E-state index in [-0.39, 0.29) is 29.6 Å². The number of nitrogens with zero attached hydrogens (tertiary/aromatic N) is 5. The minimum atomic E-state index is -0.659. The van der Waals surface area contributed by atoms with Crippen molar-refractivity contribution in [2.75, 3.05) is 11.9 Å². The molecule has 43 heavy (non-hydrogen) atoms. The van der Waals surface area contributed by atoms with Crippen molar-refractivity contribution in [3.8, 4) is 11.3 Å². The Hall–Kier alpha value is -3.92. The maximum Gasteiger partial charge on any atom is 0.253 e. The van der Waals surface area contributed by atoms with Gasteiger partial charge in [0.25, 0.3) is 5.91 Å². The third-order valence-electron chi connectivity index (χ3n) is 8.90. The largest absolute Gasteiger partial charge is 0.349 e.